The maximum Gasteiger partial charge on any atom is 0.335 e. The predicted octanol–water partition coefficient (Wildman–Crippen LogP) is 4.51. The van der Waals surface area contributed by atoms with Gasteiger partial charge in [-0.3, -0.25) is 0 Å². The van der Waals surface area contributed by atoms with E-state index in [-0.39, 0.29) is 30.1 Å². The molecule has 0 aromatic heterocycles. The first-order valence-electron chi connectivity index (χ1n) is 9.49. The summed E-state index contributed by atoms with van der Waals surface area (Å²) in [5, 5.41) is 15.3. The highest BCUT2D eigenvalue weighted by Gasteiger charge is 2.25. The molecule has 4 rings (SSSR count). The molecular weight excluding hydrogens is 388 g/mol. The second-order valence-corrected chi connectivity index (χ2v) is 7.31. The largest absolute Gasteiger partial charge is 0.485 e. The Morgan fingerprint density at radius 2 is 1.97 bits per heavy atom. The standard InChI is InChI=1S/C23H24N2O3.ClH/c1-15(19-9-5-7-16-6-3-4-8-20(16)19)24-13-18-14-25(2)21-12-17(23(26)27)10-11-22(21)28-18;/h3-12,15,18,24H,13-14H2,1-2H3,(H,26,27);1H/t15-,18?;/m1./s1. The number of nitrogens with one attached hydrogen (secondary N) is 1. The van der Waals surface area contributed by atoms with E-state index in [0.717, 1.165) is 11.4 Å². The number of hydrogen-bond acceptors (Lipinski definition) is 4. The number of likely N-dealkylation sites (N-methyl/N-ethyl adjacent to an activating group) is 1. The summed E-state index contributed by atoms with van der Waals surface area (Å²) in [5.74, 6) is -0.202. The number of nitrogens with zero attached hydrogens (tertiary/aromatic N) is 1. The highest BCUT2D eigenvalue weighted by molar-refractivity contribution is 5.90. The summed E-state index contributed by atoms with van der Waals surface area (Å²) < 4.78 is 6.11. The van der Waals surface area contributed by atoms with Crippen molar-refractivity contribution in [2.24, 2.45) is 0 Å². The number of aromatic carboxylic acids is 1. The van der Waals surface area contributed by atoms with Crippen molar-refractivity contribution in [3.05, 3.63) is 71.8 Å². The molecule has 0 aliphatic carbocycles. The van der Waals surface area contributed by atoms with E-state index in [2.05, 4.69) is 59.6 Å². The zero-order valence-electron chi connectivity index (χ0n) is 16.5. The van der Waals surface area contributed by atoms with Gasteiger partial charge in [-0.15, -0.1) is 12.4 Å². The zero-order valence-corrected chi connectivity index (χ0v) is 17.3. The van der Waals surface area contributed by atoms with Crippen LogP contribution in [0, 0.1) is 0 Å². The number of hydrogen-bond donors (Lipinski definition) is 2. The van der Waals surface area contributed by atoms with E-state index in [1.54, 1.807) is 18.2 Å². The van der Waals surface area contributed by atoms with E-state index in [4.69, 9.17) is 4.74 Å². The first-order valence-corrected chi connectivity index (χ1v) is 9.49. The van der Waals surface area contributed by atoms with Crippen LogP contribution >= 0.6 is 12.4 Å². The smallest absolute Gasteiger partial charge is 0.335 e. The Hall–Kier alpha value is -2.76. The molecule has 2 atom stereocenters. The van der Waals surface area contributed by atoms with Crippen LogP contribution in [0.15, 0.2) is 60.7 Å². The summed E-state index contributed by atoms with van der Waals surface area (Å²) in [7, 11) is 1.97. The summed E-state index contributed by atoms with van der Waals surface area (Å²) in [4.78, 5) is 13.2. The van der Waals surface area contributed by atoms with Crippen LogP contribution < -0.4 is 15.0 Å². The van der Waals surface area contributed by atoms with Gasteiger partial charge in [0.15, 0.2) is 0 Å². The van der Waals surface area contributed by atoms with Crippen LogP contribution in [-0.4, -0.2) is 37.3 Å². The molecule has 1 aliphatic heterocycles. The highest BCUT2D eigenvalue weighted by atomic mass is 35.5. The molecule has 29 heavy (non-hydrogen) atoms. The normalized spacial score (nSPS) is 16.5. The van der Waals surface area contributed by atoms with E-state index in [9.17, 15) is 9.90 Å². The lowest BCUT2D eigenvalue weighted by Crippen LogP contribution is -2.44. The number of fused-ring (bicyclic) bond motifs is 2. The van der Waals surface area contributed by atoms with Gasteiger partial charge in [-0.25, -0.2) is 4.79 Å². The van der Waals surface area contributed by atoms with Crippen LogP contribution in [0.1, 0.15) is 28.9 Å². The number of carboxylic acids is 1. The van der Waals surface area contributed by atoms with Crippen LogP contribution in [0.2, 0.25) is 0 Å². The van der Waals surface area contributed by atoms with Crippen molar-refractivity contribution >= 4 is 34.8 Å². The third kappa shape index (κ3) is 4.31. The molecule has 6 heteroatoms. The van der Waals surface area contributed by atoms with Crippen molar-refractivity contribution in [3.63, 3.8) is 0 Å². The molecule has 0 spiro atoms. The molecule has 3 aromatic carbocycles. The van der Waals surface area contributed by atoms with Crippen molar-refractivity contribution in [2.45, 2.75) is 19.1 Å². The summed E-state index contributed by atoms with van der Waals surface area (Å²) in [6.07, 6.45) is -0.00870. The summed E-state index contributed by atoms with van der Waals surface area (Å²) in [6, 6.07) is 20.0. The fourth-order valence-corrected chi connectivity index (χ4v) is 3.82. The molecule has 0 fully saturated rings. The topological polar surface area (TPSA) is 61.8 Å². The van der Waals surface area contributed by atoms with Gasteiger partial charge in [0.05, 0.1) is 17.8 Å². The van der Waals surface area contributed by atoms with Gasteiger partial charge in [0.1, 0.15) is 11.9 Å². The van der Waals surface area contributed by atoms with Gasteiger partial charge in [0, 0.05) is 19.6 Å². The summed E-state index contributed by atoms with van der Waals surface area (Å²) in [5.41, 5.74) is 2.36. The van der Waals surface area contributed by atoms with Crippen LogP contribution in [0.4, 0.5) is 5.69 Å². The second-order valence-electron chi connectivity index (χ2n) is 7.31. The summed E-state index contributed by atoms with van der Waals surface area (Å²) in [6.45, 7) is 3.57. The lowest BCUT2D eigenvalue weighted by atomic mass is 9.99. The van der Waals surface area contributed by atoms with E-state index < -0.39 is 5.97 Å². The number of halogens is 1. The molecule has 0 amide bonds. The molecule has 0 bridgehead atoms. The Labute approximate surface area is 176 Å². The minimum atomic E-state index is -0.927. The maximum atomic E-state index is 11.2. The van der Waals surface area contributed by atoms with Gasteiger partial charge in [0.2, 0.25) is 0 Å². The Morgan fingerprint density at radius 1 is 1.21 bits per heavy atom. The SMILES string of the molecule is C[C@@H](NCC1CN(C)c2cc(C(=O)O)ccc2O1)c1cccc2ccccc12.Cl. The third-order valence-electron chi connectivity index (χ3n) is 5.33. The van der Waals surface area contributed by atoms with Gasteiger partial charge in [-0.1, -0.05) is 42.5 Å². The van der Waals surface area contributed by atoms with Gasteiger partial charge in [-0.05, 0) is 41.5 Å². The number of anilines is 1. The molecule has 5 nitrogen and oxygen atoms in total. The number of ether oxygens (including phenoxy) is 1. The first-order chi connectivity index (χ1) is 13.5. The molecule has 1 unspecified atom stereocenters. The summed E-state index contributed by atoms with van der Waals surface area (Å²) >= 11 is 0. The van der Waals surface area contributed by atoms with Crippen molar-refractivity contribution < 1.29 is 14.6 Å². The number of carboxylic acid groups (broad SMARTS) is 1. The average molecular weight is 413 g/mol. The van der Waals surface area contributed by atoms with E-state index in [0.29, 0.717) is 13.1 Å². The molecule has 1 heterocycles. The number of benzene rings is 3. The van der Waals surface area contributed by atoms with Crippen molar-refractivity contribution in [1.82, 2.24) is 5.32 Å². The minimum Gasteiger partial charge on any atom is -0.485 e. The Bertz CT molecular complexity index is 1020. The lowest BCUT2D eigenvalue weighted by molar-refractivity contribution is 0.0697. The second kappa shape index (κ2) is 8.72. The van der Waals surface area contributed by atoms with Crippen molar-refractivity contribution in [3.8, 4) is 5.75 Å². The zero-order chi connectivity index (χ0) is 19.7. The molecule has 152 valence electrons. The highest BCUT2D eigenvalue weighted by Crippen LogP contribution is 2.33. The van der Waals surface area contributed by atoms with Crippen molar-refractivity contribution in [1.29, 1.82) is 0 Å². The number of carbonyl (C=O) groups is 1. The van der Waals surface area contributed by atoms with Gasteiger partial charge in [0.25, 0.3) is 0 Å². The first kappa shape index (κ1) is 21.0. The number of rotatable bonds is 5. The molecule has 0 radical (unpaired) electrons. The molecular formula is C23H25ClN2O3. The van der Waals surface area contributed by atoms with E-state index in [1.165, 1.54) is 16.3 Å². The van der Waals surface area contributed by atoms with Crippen LogP contribution in [0.25, 0.3) is 10.8 Å². The Morgan fingerprint density at radius 3 is 2.76 bits per heavy atom. The molecule has 1 aliphatic rings. The van der Waals surface area contributed by atoms with Gasteiger partial charge < -0.3 is 20.1 Å². The third-order valence-corrected chi connectivity index (χ3v) is 5.33. The van der Waals surface area contributed by atoms with Gasteiger partial charge in [-0.2, -0.15) is 0 Å². The van der Waals surface area contributed by atoms with Crippen molar-refractivity contribution in [2.75, 3.05) is 25.0 Å². The van der Waals surface area contributed by atoms with Crippen LogP contribution in [0.5, 0.6) is 5.75 Å². The molecule has 0 saturated carbocycles. The van der Waals surface area contributed by atoms with Gasteiger partial charge >= 0.3 is 5.97 Å². The monoisotopic (exact) mass is 412 g/mol. The molecule has 0 saturated heterocycles. The fourth-order valence-electron chi connectivity index (χ4n) is 3.82. The van der Waals surface area contributed by atoms with Crippen LogP contribution in [-0.2, 0) is 0 Å². The Balaban J connectivity index is 0.00000240. The molecule has 2 N–H and O–H groups in total. The molecule has 3 aromatic rings. The van der Waals surface area contributed by atoms with E-state index in [1.807, 2.05) is 7.05 Å². The predicted molar refractivity (Wildman–Crippen MR) is 119 cm³/mol. The lowest BCUT2D eigenvalue weighted by Gasteiger charge is -2.34. The fraction of sp³-hybridized carbons (Fsp3) is 0.261. The maximum absolute atomic E-state index is 11.2. The Kier molecular flexibility index (Phi) is 6.30. The van der Waals surface area contributed by atoms with E-state index >= 15 is 0 Å². The minimum absolute atomic E-state index is 0. The van der Waals surface area contributed by atoms with Crippen LogP contribution in [0.3, 0.4) is 0 Å². The quantitative estimate of drug-likeness (QED) is 0.645. The average Bonchev–Trinajstić information content (AvgIpc) is 2.71.